The van der Waals surface area contributed by atoms with Crippen LogP contribution in [0.25, 0.3) is 0 Å². The molecule has 1 nitrogen and oxygen atoms in total. The summed E-state index contributed by atoms with van der Waals surface area (Å²) in [6.45, 7) is 0. The van der Waals surface area contributed by atoms with Crippen molar-refractivity contribution in [3.8, 4) is 0 Å². The standard InChI is InChI=1S/C8H3BrClF3O/c9-6-3-4(7(10)14)1-2-5(6)8(11,12)13/h1-3H. The highest BCUT2D eigenvalue weighted by Gasteiger charge is 2.32. The Balaban J connectivity index is 3.21. The molecule has 0 aliphatic heterocycles. The molecule has 1 rings (SSSR count). The Morgan fingerprint density at radius 3 is 2.29 bits per heavy atom. The van der Waals surface area contributed by atoms with Gasteiger partial charge in [0, 0.05) is 10.0 Å². The number of rotatable bonds is 1. The fourth-order valence-corrected chi connectivity index (χ4v) is 1.59. The highest BCUT2D eigenvalue weighted by Crippen LogP contribution is 2.35. The van der Waals surface area contributed by atoms with Crippen molar-refractivity contribution in [3.63, 3.8) is 0 Å². The Kier molecular flexibility index (Phi) is 3.21. The molecule has 0 aromatic heterocycles. The van der Waals surface area contributed by atoms with E-state index < -0.39 is 17.0 Å². The van der Waals surface area contributed by atoms with Gasteiger partial charge in [-0.3, -0.25) is 4.79 Å². The average molecular weight is 287 g/mol. The minimum atomic E-state index is -4.44. The van der Waals surface area contributed by atoms with Crippen molar-refractivity contribution < 1.29 is 18.0 Å². The molecule has 0 unspecified atom stereocenters. The molecule has 0 heterocycles. The number of hydrogen-bond acceptors (Lipinski definition) is 1. The predicted octanol–water partition coefficient (Wildman–Crippen LogP) is 3.85. The van der Waals surface area contributed by atoms with Gasteiger partial charge in [0.1, 0.15) is 0 Å². The molecule has 0 amide bonds. The van der Waals surface area contributed by atoms with Crippen molar-refractivity contribution in [2.24, 2.45) is 0 Å². The highest BCUT2D eigenvalue weighted by atomic mass is 79.9. The van der Waals surface area contributed by atoms with Crippen LogP contribution in [0.1, 0.15) is 15.9 Å². The first-order chi connectivity index (χ1) is 6.32. The van der Waals surface area contributed by atoms with E-state index in [0.29, 0.717) is 0 Å². The van der Waals surface area contributed by atoms with Crippen molar-refractivity contribution in [1.29, 1.82) is 0 Å². The van der Waals surface area contributed by atoms with E-state index in [0.717, 1.165) is 18.2 Å². The number of alkyl halides is 3. The minimum absolute atomic E-state index is 0.0199. The van der Waals surface area contributed by atoms with E-state index in [1.54, 1.807) is 0 Å². The number of halogens is 5. The zero-order valence-electron chi connectivity index (χ0n) is 6.53. The van der Waals surface area contributed by atoms with Gasteiger partial charge < -0.3 is 0 Å². The van der Waals surface area contributed by atoms with E-state index in [1.807, 2.05) is 0 Å². The smallest absolute Gasteiger partial charge is 0.276 e. The van der Waals surface area contributed by atoms with Crippen LogP contribution in [0, 0.1) is 0 Å². The topological polar surface area (TPSA) is 17.1 Å². The van der Waals surface area contributed by atoms with Gasteiger partial charge in [-0.25, -0.2) is 0 Å². The van der Waals surface area contributed by atoms with Crippen LogP contribution in [0.4, 0.5) is 13.2 Å². The Morgan fingerprint density at radius 2 is 1.93 bits per heavy atom. The molecule has 14 heavy (non-hydrogen) atoms. The third-order valence-corrected chi connectivity index (χ3v) is 2.38. The number of hydrogen-bond donors (Lipinski definition) is 0. The Hall–Kier alpha value is -0.550. The van der Waals surface area contributed by atoms with Crippen molar-refractivity contribution in [2.75, 3.05) is 0 Å². The van der Waals surface area contributed by atoms with Crippen LogP contribution in [-0.4, -0.2) is 5.24 Å². The van der Waals surface area contributed by atoms with Crippen LogP contribution in [0.2, 0.25) is 0 Å². The SMILES string of the molecule is O=C(Cl)c1ccc(C(F)(F)F)c(Br)c1. The molecule has 0 saturated heterocycles. The van der Waals surface area contributed by atoms with Crippen LogP contribution in [0.3, 0.4) is 0 Å². The fourth-order valence-electron chi connectivity index (χ4n) is 0.867. The third-order valence-electron chi connectivity index (χ3n) is 1.50. The van der Waals surface area contributed by atoms with Crippen LogP contribution in [-0.2, 0) is 6.18 Å². The molecule has 76 valence electrons. The van der Waals surface area contributed by atoms with Gasteiger partial charge in [0.25, 0.3) is 5.24 Å². The molecule has 0 atom stereocenters. The first-order valence-electron chi connectivity index (χ1n) is 3.39. The van der Waals surface area contributed by atoms with Gasteiger partial charge >= 0.3 is 6.18 Å². The molecule has 0 aliphatic carbocycles. The van der Waals surface area contributed by atoms with Gasteiger partial charge in [-0.1, -0.05) is 15.9 Å². The maximum atomic E-state index is 12.2. The number of benzene rings is 1. The van der Waals surface area contributed by atoms with Crippen LogP contribution in [0.15, 0.2) is 22.7 Å². The maximum absolute atomic E-state index is 12.2. The van der Waals surface area contributed by atoms with E-state index in [2.05, 4.69) is 15.9 Å². The molecule has 0 fully saturated rings. The molecular weight excluding hydrogens is 284 g/mol. The second-order valence-corrected chi connectivity index (χ2v) is 3.66. The molecule has 1 aromatic carbocycles. The van der Waals surface area contributed by atoms with Crippen LogP contribution < -0.4 is 0 Å². The Bertz CT molecular complexity index is 375. The van der Waals surface area contributed by atoms with E-state index >= 15 is 0 Å². The largest absolute Gasteiger partial charge is 0.417 e. The minimum Gasteiger partial charge on any atom is -0.276 e. The van der Waals surface area contributed by atoms with Crippen molar-refractivity contribution in [1.82, 2.24) is 0 Å². The van der Waals surface area contributed by atoms with Crippen molar-refractivity contribution >= 4 is 32.8 Å². The normalized spacial score (nSPS) is 11.5. The molecule has 0 radical (unpaired) electrons. The van der Waals surface area contributed by atoms with Crippen molar-refractivity contribution in [3.05, 3.63) is 33.8 Å². The molecule has 6 heteroatoms. The molecule has 0 aliphatic rings. The van der Waals surface area contributed by atoms with Crippen LogP contribution in [0.5, 0.6) is 0 Å². The fraction of sp³-hybridized carbons (Fsp3) is 0.125. The monoisotopic (exact) mass is 286 g/mol. The lowest BCUT2D eigenvalue weighted by atomic mass is 10.1. The van der Waals surface area contributed by atoms with Crippen molar-refractivity contribution in [2.45, 2.75) is 6.18 Å². The van der Waals surface area contributed by atoms with Gasteiger partial charge in [-0.15, -0.1) is 0 Å². The Labute approximate surface area is 91.0 Å². The lowest BCUT2D eigenvalue weighted by molar-refractivity contribution is -0.138. The molecule has 0 N–H and O–H groups in total. The molecule has 0 bridgehead atoms. The van der Waals surface area contributed by atoms with Gasteiger partial charge in [0.05, 0.1) is 5.56 Å². The first-order valence-corrected chi connectivity index (χ1v) is 4.56. The quantitative estimate of drug-likeness (QED) is 0.717. The molecule has 0 spiro atoms. The summed E-state index contributed by atoms with van der Waals surface area (Å²) in [5.74, 6) is 0. The van der Waals surface area contributed by atoms with E-state index in [-0.39, 0.29) is 10.0 Å². The summed E-state index contributed by atoms with van der Waals surface area (Å²) in [6, 6.07) is 2.88. The summed E-state index contributed by atoms with van der Waals surface area (Å²) in [4.78, 5) is 10.6. The second-order valence-electron chi connectivity index (χ2n) is 2.47. The summed E-state index contributed by atoms with van der Waals surface area (Å²) in [7, 11) is 0. The molecule has 0 saturated carbocycles. The Morgan fingerprint density at radius 1 is 1.36 bits per heavy atom. The second kappa shape index (κ2) is 3.90. The molecular formula is C8H3BrClF3O. The summed E-state index contributed by atoms with van der Waals surface area (Å²) < 4.78 is 36.5. The van der Waals surface area contributed by atoms with E-state index in [1.165, 1.54) is 0 Å². The van der Waals surface area contributed by atoms with Gasteiger partial charge in [0.2, 0.25) is 0 Å². The van der Waals surface area contributed by atoms with E-state index in [9.17, 15) is 18.0 Å². The maximum Gasteiger partial charge on any atom is 0.417 e. The van der Waals surface area contributed by atoms with Gasteiger partial charge in [0.15, 0.2) is 0 Å². The van der Waals surface area contributed by atoms with Gasteiger partial charge in [-0.2, -0.15) is 13.2 Å². The summed E-state index contributed by atoms with van der Waals surface area (Å²) in [6.07, 6.45) is -4.44. The number of carbonyl (C=O) groups is 1. The lowest BCUT2D eigenvalue weighted by Gasteiger charge is -2.08. The predicted molar refractivity (Wildman–Crippen MR) is 49.3 cm³/mol. The average Bonchev–Trinajstić information content (AvgIpc) is 2.01. The zero-order valence-corrected chi connectivity index (χ0v) is 8.87. The molecule has 1 aromatic rings. The lowest BCUT2D eigenvalue weighted by Crippen LogP contribution is -2.06. The van der Waals surface area contributed by atoms with Gasteiger partial charge in [-0.05, 0) is 29.8 Å². The highest BCUT2D eigenvalue weighted by molar-refractivity contribution is 9.10. The third kappa shape index (κ3) is 2.48. The summed E-state index contributed by atoms with van der Waals surface area (Å²) in [5.41, 5.74) is -0.814. The van der Waals surface area contributed by atoms with Crippen LogP contribution >= 0.6 is 27.5 Å². The number of carbonyl (C=O) groups excluding carboxylic acids is 1. The van der Waals surface area contributed by atoms with E-state index in [4.69, 9.17) is 11.6 Å². The summed E-state index contributed by atoms with van der Waals surface area (Å²) >= 11 is 7.82. The zero-order chi connectivity index (χ0) is 10.9. The first kappa shape index (κ1) is 11.5. The summed E-state index contributed by atoms with van der Waals surface area (Å²) in [5, 5.41) is -0.792.